The van der Waals surface area contributed by atoms with E-state index in [-0.39, 0.29) is 23.6 Å². The number of hydrogen-bond acceptors (Lipinski definition) is 3. The number of nitrogens with zero attached hydrogens (tertiary/aromatic N) is 1. The molecule has 4 rings (SSSR count). The molecule has 0 aromatic heterocycles. The number of carbonyl (C=O) groups is 1. The SMILES string of the molecule is CC(O)(c1ccc(C(=O)N(C2CC2)C2CCC(O)(C3CC3)CC2)cc1)C(F)(F)F. The van der Waals surface area contributed by atoms with Gasteiger partial charge in [-0.1, -0.05) is 12.1 Å². The van der Waals surface area contributed by atoms with Crippen molar-refractivity contribution in [1.82, 2.24) is 4.90 Å². The third-order valence-electron chi connectivity index (χ3n) is 6.97. The zero-order valence-corrected chi connectivity index (χ0v) is 16.6. The Hall–Kier alpha value is -1.60. The molecule has 3 aliphatic rings. The molecule has 1 atom stereocenters. The second kappa shape index (κ2) is 6.98. The Bertz CT molecular complexity index is 759. The van der Waals surface area contributed by atoms with E-state index in [4.69, 9.17) is 0 Å². The summed E-state index contributed by atoms with van der Waals surface area (Å²) in [4.78, 5) is 15.1. The Morgan fingerprint density at radius 1 is 1.00 bits per heavy atom. The van der Waals surface area contributed by atoms with Crippen molar-refractivity contribution in [2.75, 3.05) is 0 Å². The van der Waals surface area contributed by atoms with Gasteiger partial charge in [-0.2, -0.15) is 13.2 Å². The number of carbonyl (C=O) groups excluding carboxylic acids is 1. The molecule has 0 aliphatic heterocycles. The average molecular weight is 411 g/mol. The number of rotatable bonds is 5. The fraction of sp³-hybridized carbons (Fsp3) is 0.682. The van der Waals surface area contributed by atoms with Crippen LogP contribution in [0.15, 0.2) is 24.3 Å². The van der Waals surface area contributed by atoms with E-state index < -0.39 is 17.4 Å². The topological polar surface area (TPSA) is 60.8 Å². The fourth-order valence-corrected chi connectivity index (χ4v) is 4.64. The van der Waals surface area contributed by atoms with Gasteiger partial charge in [0.1, 0.15) is 0 Å². The van der Waals surface area contributed by atoms with Gasteiger partial charge in [0.15, 0.2) is 5.60 Å². The van der Waals surface area contributed by atoms with Crippen LogP contribution in [0, 0.1) is 5.92 Å². The van der Waals surface area contributed by atoms with Crippen LogP contribution in [0.25, 0.3) is 0 Å². The highest BCUT2D eigenvalue weighted by molar-refractivity contribution is 5.95. The molecule has 0 bridgehead atoms. The molecule has 0 saturated heterocycles. The van der Waals surface area contributed by atoms with Crippen molar-refractivity contribution < 1.29 is 28.2 Å². The maximum absolute atomic E-state index is 13.2. The second-order valence-corrected chi connectivity index (χ2v) is 9.20. The van der Waals surface area contributed by atoms with Crippen LogP contribution in [0.5, 0.6) is 0 Å². The van der Waals surface area contributed by atoms with Gasteiger partial charge in [0.25, 0.3) is 5.91 Å². The lowest BCUT2D eigenvalue weighted by Gasteiger charge is -2.41. The number of alkyl halides is 3. The van der Waals surface area contributed by atoms with Crippen LogP contribution >= 0.6 is 0 Å². The van der Waals surface area contributed by atoms with E-state index in [2.05, 4.69) is 0 Å². The van der Waals surface area contributed by atoms with E-state index in [1.54, 1.807) is 0 Å². The largest absolute Gasteiger partial charge is 0.421 e. The van der Waals surface area contributed by atoms with Crippen LogP contribution in [0.2, 0.25) is 0 Å². The first kappa shape index (κ1) is 20.7. The van der Waals surface area contributed by atoms with Crippen LogP contribution in [0.4, 0.5) is 13.2 Å². The quantitative estimate of drug-likeness (QED) is 0.766. The van der Waals surface area contributed by atoms with Crippen molar-refractivity contribution in [2.45, 2.75) is 87.8 Å². The number of halogens is 3. The first-order chi connectivity index (χ1) is 13.5. The molecule has 29 heavy (non-hydrogen) atoms. The minimum Gasteiger partial charge on any atom is -0.390 e. The molecule has 0 spiro atoms. The summed E-state index contributed by atoms with van der Waals surface area (Å²) in [5.41, 5.74) is -3.49. The zero-order chi connectivity index (χ0) is 21.0. The smallest absolute Gasteiger partial charge is 0.390 e. The van der Waals surface area contributed by atoms with Crippen molar-refractivity contribution in [2.24, 2.45) is 5.92 Å². The molecule has 1 aromatic rings. The summed E-state index contributed by atoms with van der Waals surface area (Å²) in [5, 5.41) is 20.6. The fourth-order valence-electron chi connectivity index (χ4n) is 4.64. The van der Waals surface area contributed by atoms with Crippen molar-refractivity contribution >= 4 is 5.91 Å². The van der Waals surface area contributed by atoms with Gasteiger partial charge in [0, 0.05) is 17.6 Å². The number of aliphatic hydroxyl groups is 2. The lowest BCUT2D eigenvalue weighted by atomic mass is 9.78. The molecule has 3 fully saturated rings. The van der Waals surface area contributed by atoms with Crippen LogP contribution in [-0.4, -0.2) is 44.9 Å². The predicted molar refractivity (Wildman–Crippen MR) is 101 cm³/mol. The second-order valence-electron chi connectivity index (χ2n) is 9.20. The molecule has 3 aliphatic carbocycles. The molecule has 1 amide bonds. The van der Waals surface area contributed by atoms with E-state index in [0.717, 1.165) is 38.5 Å². The first-order valence-electron chi connectivity index (χ1n) is 10.5. The lowest BCUT2D eigenvalue weighted by Crippen LogP contribution is -2.48. The molecule has 0 heterocycles. The third-order valence-corrected chi connectivity index (χ3v) is 6.97. The first-order valence-corrected chi connectivity index (χ1v) is 10.5. The Balaban J connectivity index is 1.48. The van der Waals surface area contributed by atoms with Crippen molar-refractivity contribution in [3.05, 3.63) is 35.4 Å². The minimum absolute atomic E-state index is 0.0620. The van der Waals surface area contributed by atoms with Crippen molar-refractivity contribution in [1.29, 1.82) is 0 Å². The number of hydrogen-bond donors (Lipinski definition) is 2. The van der Waals surface area contributed by atoms with Gasteiger partial charge in [0.2, 0.25) is 0 Å². The highest BCUT2D eigenvalue weighted by Gasteiger charge is 2.51. The standard InChI is InChI=1S/C22H28F3NO3/c1-20(28,22(23,24)25)15-4-2-14(3-5-15)19(27)26(17-8-9-17)18-10-12-21(29,13-11-18)16-6-7-16/h2-5,16-18,28-29H,6-13H2,1H3. The average Bonchev–Trinajstić information content (AvgIpc) is 3.55. The maximum atomic E-state index is 13.2. The van der Waals surface area contributed by atoms with Gasteiger partial charge in [0.05, 0.1) is 5.60 Å². The monoisotopic (exact) mass is 411 g/mol. The van der Waals surface area contributed by atoms with Crippen molar-refractivity contribution in [3.8, 4) is 0 Å². The Morgan fingerprint density at radius 3 is 1.97 bits per heavy atom. The molecular formula is C22H28F3NO3. The summed E-state index contributed by atoms with van der Waals surface area (Å²) in [6.45, 7) is 0.712. The molecule has 1 unspecified atom stereocenters. The van der Waals surface area contributed by atoms with E-state index in [9.17, 15) is 28.2 Å². The lowest BCUT2D eigenvalue weighted by molar-refractivity contribution is -0.258. The highest BCUT2D eigenvalue weighted by Crippen LogP contribution is 2.48. The number of amides is 1. The molecule has 0 radical (unpaired) electrons. The van der Waals surface area contributed by atoms with Gasteiger partial charge in [-0.25, -0.2) is 0 Å². The minimum atomic E-state index is -4.79. The molecule has 160 valence electrons. The highest BCUT2D eigenvalue weighted by atomic mass is 19.4. The van der Waals surface area contributed by atoms with Crippen molar-refractivity contribution in [3.63, 3.8) is 0 Å². The van der Waals surface area contributed by atoms with Gasteiger partial charge in [-0.05, 0) is 81.9 Å². The Morgan fingerprint density at radius 2 is 1.52 bits per heavy atom. The zero-order valence-electron chi connectivity index (χ0n) is 16.6. The molecule has 1 aromatic carbocycles. The molecule has 2 N–H and O–H groups in total. The molecule has 4 nitrogen and oxygen atoms in total. The van der Waals surface area contributed by atoms with Crippen LogP contribution < -0.4 is 0 Å². The van der Waals surface area contributed by atoms with E-state index in [0.29, 0.717) is 31.2 Å². The number of benzene rings is 1. The van der Waals surface area contributed by atoms with Crippen LogP contribution in [-0.2, 0) is 5.60 Å². The molecule has 3 saturated carbocycles. The summed E-state index contributed by atoms with van der Waals surface area (Å²) >= 11 is 0. The Labute approximate surface area is 168 Å². The van der Waals surface area contributed by atoms with Gasteiger partial charge in [-0.15, -0.1) is 0 Å². The summed E-state index contributed by atoms with van der Waals surface area (Å²) < 4.78 is 39.1. The van der Waals surface area contributed by atoms with Crippen LogP contribution in [0.3, 0.4) is 0 Å². The van der Waals surface area contributed by atoms with Gasteiger partial charge in [-0.3, -0.25) is 4.79 Å². The van der Waals surface area contributed by atoms with E-state index in [1.807, 2.05) is 4.90 Å². The van der Waals surface area contributed by atoms with E-state index in [1.165, 1.54) is 24.3 Å². The van der Waals surface area contributed by atoms with Crippen LogP contribution in [0.1, 0.15) is 74.2 Å². The van der Waals surface area contributed by atoms with Gasteiger partial charge < -0.3 is 15.1 Å². The molecule has 7 heteroatoms. The summed E-state index contributed by atoms with van der Waals surface area (Å²) in [6, 6.07) is 5.34. The predicted octanol–water partition coefficient (Wildman–Crippen LogP) is 4.14. The maximum Gasteiger partial charge on any atom is 0.421 e. The normalized spacial score (nSPS) is 29.9. The van der Waals surface area contributed by atoms with Gasteiger partial charge >= 0.3 is 6.18 Å². The molecular weight excluding hydrogens is 383 g/mol. The summed E-state index contributed by atoms with van der Waals surface area (Å²) in [7, 11) is 0. The third kappa shape index (κ3) is 3.91. The van der Waals surface area contributed by atoms with E-state index >= 15 is 0 Å². The summed E-state index contributed by atoms with van der Waals surface area (Å²) in [5.74, 6) is 0.232. The summed E-state index contributed by atoms with van der Waals surface area (Å²) in [6.07, 6.45) is 2.18. The Kier molecular flexibility index (Phi) is 4.97.